The van der Waals surface area contributed by atoms with Crippen molar-refractivity contribution in [2.45, 2.75) is 45.6 Å². The molecule has 98 valence electrons. The van der Waals surface area contributed by atoms with Crippen molar-refractivity contribution in [2.24, 2.45) is 5.73 Å². The quantitative estimate of drug-likeness (QED) is 0.653. The minimum atomic E-state index is -3.35. The van der Waals surface area contributed by atoms with Crippen LogP contribution in [-0.2, 0) is 10.2 Å². The maximum Gasteiger partial charge on any atom is 0.279 e. The van der Waals surface area contributed by atoms with Crippen molar-refractivity contribution in [3.05, 3.63) is 0 Å². The number of nitrogens with zero attached hydrogens (tertiary/aromatic N) is 1. The van der Waals surface area contributed by atoms with Crippen LogP contribution in [-0.4, -0.2) is 38.4 Å². The lowest BCUT2D eigenvalue weighted by Crippen LogP contribution is -2.47. The van der Waals surface area contributed by atoms with Gasteiger partial charge in [-0.05, 0) is 40.2 Å². The van der Waals surface area contributed by atoms with Crippen LogP contribution in [0.15, 0.2) is 0 Å². The van der Waals surface area contributed by atoms with Crippen LogP contribution in [0.2, 0.25) is 0 Å². The van der Waals surface area contributed by atoms with Crippen LogP contribution in [0.4, 0.5) is 0 Å². The van der Waals surface area contributed by atoms with Crippen LogP contribution in [0.25, 0.3) is 0 Å². The third-order valence-corrected chi connectivity index (χ3v) is 3.90. The zero-order valence-corrected chi connectivity index (χ0v) is 11.6. The van der Waals surface area contributed by atoms with Gasteiger partial charge in [-0.15, -0.1) is 0 Å². The molecule has 0 heterocycles. The summed E-state index contributed by atoms with van der Waals surface area (Å²) in [7, 11) is -1.76. The molecule has 5 nitrogen and oxygen atoms in total. The van der Waals surface area contributed by atoms with Gasteiger partial charge >= 0.3 is 0 Å². The first-order valence-corrected chi connectivity index (χ1v) is 7.08. The Bertz CT molecular complexity index is 283. The average molecular weight is 251 g/mol. The van der Waals surface area contributed by atoms with Gasteiger partial charge in [-0.25, -0.2) is 0 Å². The molecule has 0 radical (unpaired) electrons. The molecule has 0 saturated heterocycles. The number of hydrogen-bond donors (Lipinski definition) is 2. The van der Waals surface area contributed by atoms with Crippen molar-refractivity contribution in [1.82, 2.24) is 9.03 Å². The molecule has 0 fully saturated rings. The SMILES string of the molecule is CN(CCCCCN)S(=O)(=O)NC(C)(C)C. The molecular formula is C10H25N3O2S. The van der Waals surface area contributed by atoms with Gasteiger partial charge in [-0.3, -0.25) is 0 Å². The van der Waals surface area contributed by atoms with Gasteiger partial charge < -0.3 is 5.73 Å². The second-order valence-corrected chi connectivity index (χ2v) is 6.81. The van der Waals surface area contributed by atoms with E-state index in [1.165, 1.54) is 4.31 Å². The van der Waals surface area contributed by atoms with E-state index in [9.17, 15) is 8.42 Å². The summed E-state index contributed by atoms with van der Waals surface area (Å²) in [6.07, 6.45) is 2.76. The number of rotatable bonds is 7. The van der Waals surface area contributed by atoms with Gasteiger partial charge in [0.25, 0.3) is 10.2 Å². The van der Waals surface area contributed by atoms with Crippen molar-refractivity contribution in [2.75, 3.05) is 20.1 Å². The predicted molar refractivity (Wildman–Crippen MR) is 67.3 cm³/mol. The van der Waals surface area contributed by atoms with Crippen molar-refractivity contribution < 1.29 is 8.42 Å². The standard InChI is InChI=1S/C10H25N3O2S/c1-10(2,3)12-16(14,15)13(4)9-7-5-6-8-11/h12H,5-9,11H2,1-4H3. The van der Waals surface area contributed by atoms with Gasteiger partial charge in [-0.2, -0.15) is 17.4 Å². The summed E-state index contributed by atoms with van der Waals surface area (Å²) in [5, 5.41) is 0. The first-order valence-electron chi connectivity index (χ1n) is 5.64. The minimum absolute atomic E-state index is 0.440. The van der Waals surface area contributed by atoms with E-state index in [0.717, 1.165) is 19.3 Å². The monoisotopic (exact) mass is 251 g/mol. The lowest BCUT2D eigenvalue weighted by atomic mass is 10.1. The molecule has 0 aliphatic rings. The lowest BCUT2D eigenvalue weighted by molar-refractivity contribution is 0.415. The van der Waals surface area contributed by atoms with Gasteiger partial charge in [-0.1, -0.05) is 6.42 Å². The van der Waals surface area contributed by atoms with Gasteiger partial charge in [0.2, 0.25) is 0 Å². The number of hydrogen-bond acceptors (Lipinski definition) is 3. The van der Waals surface area contributed by atoms with Crippen LogP contribution in [0, 0.1) is 0 Å². The molecular weight excluding hydrogens is 226 g/mol. The highest BCUT2D eigenvalue weighted by atomic mass is 32.2. The van der Waals surface area contributed by atoms with Gasteiger partial charge in [0, 0.05) is 19.1 Å². The Morgan fingerprint density at radius 1 is 1.19 bits per heavy atom. The molecule has 0 aromatic carbocycles. The van der Waals surface area contributed by atoms with E-state index in [1.807, 2.05) is 20.8 Å². The van der Waals surface area contributed by atoms with Crippen molar-refractivity contribution in [3.63, 3.8) is 0 Å². The first kappa shape index (κ1) is 15.8. The molecule has 0 aromatic rings. The zero-order valence-electron chi connectivity index (χ0n) is 10.8. The molecule has 0 aliphatic carbocycles. The van der Waals surface area contributed by atoms with E-state index in [4.69, 9.17) is 5.73 Å². The molecule has 0 atom stereocenters. The fraction of sp³-hybridized carbons (Fsp3) is 1.00. The molecule has 16 heavy (non-hydrogen) atoms. The highest BCUT2D eigenvalue weighted by Crippen LogP contribution is 2.06. The highest BCUT2D eigenvalue weighted by Gasteiger charge is 2.23. The largest absolute Gasteiger partial charge is 0.330 e. The summed E-state index contributed by atoms with van der Waals surface area (Å²) >= 11 is 0. The second kappa shape index (κ2) is 6.54. The minimum Gasteiger partial charge on any atom is -0.330 e. The summed E-state index contributed by atoms with van der Waals surface area (Å²) in [6, 6.07) is 0. The molecule has 3 N–H and O–H groups in total. The first-order chi connectivity index (χ1) is 7.19. The van der Waals surface area contributed by atoms with E-state index in [-0.39, 0.29) is 0 Å². The molecule has 0 saturated carbocycles. The lowest BCUT2D eigenvalue weighted by Gasteiger charge is -2.25. The van der Waals surface area contributed by atoms with Crippen LogP contribution in [0.3, 0.4) is 0 Å². The third kappa shape index (κ3) is 7.16. The summed E-state index contributed by atoms with van der Waals surface area (Å²) in [5.41, 5.74) is 4.93. The summed E-state index contributed by atoms with van der Waals surface area (Å²) in [6.45, 7) is 6.68. The van der Waals surface area contributed by atoms with Gasteiger partial charge in [0.1, 0.15) is 0 Å². The molecule has 6 heteroatoms. The average Bonchev–Trinajstić information content (AvgIpc) is 2.08. The van der Waals surface area contributed by atoms with Gasteiger partial charge in [0.15, 0.2) is 0 Å². The Labute approximate surface area is 99.6 Å². The maximum absolute atomic E-state index is 11.8. The highest BCUT2D eigenvalue weighted by molar-refractivity contribution is 7.87. The van der Waals surface area contributed by atoms with Crippen LogP contribution >= 0.6 is 0 Å². The molecule has 0 bridgehead atoms. The topological polar surface area (TPSA) is 75.4 Å². The summed E-state index contributed by atoms with van der Waals surface area (Å²) < 4.78 is 27.6. The molecule has 0 unspecified atom stereocenters. The summed E-state index contributed by atoms with van der Waals surface area (Å²) in [5.74, 6) is 0. The van der Waals surface area contributed by atoms with E-state index in [1.54, 1.807) is 7.05 Å². The Morgan fingerprint density at radius 2 is 1.75 bits per heavy atom. The van der Waals surface area contributed by atoms with Crippen LogP contribution < -0.4 is 10.5 Å². The normalized spacial score (nSPS) is 13.4. The van der Waals surface area contributed by atoms with E-state index >= 15 is 0 Å². The number of unbranched alkanes of at least 4 members (excludes halogenated alkanes) is 2. The van der Waals surface area contributed by atoms with Crippen molar-refractivity contribution >= 4 is 10.2 Å². The Kier molecular flexibility index (Phi) is 6.47. The Morgan fingerprint density at radius 3 is 2.19 bits per heavy atom. The summed E-state index contributed by atoms with van der Waals surface area (Å²) in [4.78, 5) is 0. The molecule has 0 aromatic heterocycles. The Hall–Kier alpha value is -0.170. The molecule has 0 aliphatic heterocycles. The van der Waals surface area contributed by atoms with E-state index in [2.05, 4.69) is 4.72 Å². The van der Waals surface area contributed by atoms with Gasteiger partial charge in [0.05, 0.1) is 0 Å². The molecule has 0 rings (SSSR count). The molecule has 0 amide bonds. The van der Waals surface area contributed by atoms with Crippen LogP contribution in [0.1, 0.15) is 40.0 Å². The van der Waals surface area contributed by atoms with Crippen molar-refractivity contribution in [1.29, 1.82) is 0 Å². The van der Waals surface area contributed by atoms with Crippen molar-refractivity contribution in [3.8, 4) is 0 Å². The second-order valence-electron chi connectivity index (χ2n) is 5.03. The van der Waals surface area contributed by atoms with Crippen LogP contribution in [0.5, 0.6) is 0 Å². The molecule has 0 spiro atoms. The maximum atomic E-state index is 11.8. The zero-order chi connectivity index (χ0) is 12.8. The number of nitrogens with two attached hydrogens (primary N) is 1. The van der Waals surface area contributed by atoms with E-state index in [0.29, 0.717) is 13.1 Å². The number of nitrogens with one attached hydrogen (secondary N) is 1. The third-order valence-electron chi connectivity index (χ3n) is 2.02. The smallest absolute Gasteiger partial charge is 0.279 e. The fourth-order valence-electron chi connectivity index (χ4n) is 1.24. The van der Waals surface area contributed by atoms with E-state index < -0.39 is 15.7 Å². The predicted octanol–water partition coefficient (Wildman–Crippen LogP) is 0.680. The fourth-order valence-corrected chi connectivity index (χ4v) is 2.54. The Balaban J connectivity index is 4.11.